The molecule has 0 amide bonds. The lowest BCUT2D eigenvalue weighted by atomic mass is 9.73. The Morgan fingerprint density at radius 2 is 2.14 bits per heavy atom. The lowest BCUT2D eigenvalue weighted by Gasteiger charge is -2.36. The molecule has 0 spiro atoms. The number of aliphatic hydroxyl groups excluding tert-OH is 1. The molecule has 1 N–H and O–H groups in total. The maximum atomic E-state index is 11.9. The molecule has 0 fully saturated rings. The summed E-state index contributed by atoms with van der Waals surface area (Å²) in [6, 6.07) is 0. The molecule has 0 aromatic rings. The van der Waals surface area contributed by atoms with Crippen LogP contribution in [0.3, 0.4) is 0 Å². The minimum Gasteiger partial charge on any atom is -0.394 e. The fourth-order valence-corrected chi connectivity index (χ4v) is 3.77. The predicted octanol–water partition coefficient (Wildman–Crippen LogP) is 1.96. The van der Waals surface area contributed by atoms with E-state index in [1.54, 1.807) is 12.3 Å². The summed E-state index contributed by atoms with van der Waals surface area (Å²) in [6.45, 7) is 4.96. The van der Waals surface area contributed by atoms with Gasteiger partial charge in [-0.25, -0.2) is 0 Å². The van der Waals surface area contributed by atoms with Gasteiger partial charge in [-0.3, -0.25) is 14.8 Å². The SMILES string of the molecule is CC1(C)CC2=NC3=C4C(=CC(=O)C3)C=NN(CCO)C(=C24)C1. The van der Waals surface area contributed by atoms with Crippen molar-refractivity contribution in [3.8, 4) is 0 Å². The smallest absolute Gasteiger partial charge is 0.162 e. The summed E-state index contributed by atoms with van der Waals surface area (Å²) < 4.78 is 0. The van der Waals surface area contributed by atoms with Gasteiger partial charge >= 0.3 is 0 Å². The van der Waals surface area contributed by atoms with Gasteiger partial charge < -0.3 is 5.11 Å². The Kier molecular flexibility index (Phi) is 2.78. The lowest BCUT2D eigenvalue weighted by Crippen LogP contribution is -2.32. The number of β-amino-alcohol motifs (C(OH)–C–C–N with tert-alkyl or cyclic N) is 1. The van der Waals surface area contributed by atoms with Crippen LogP contribution in [0.5, 0.6) is 0 Å². The van der Waals surface area contributed by atoms with Crippen LogP contribution in [-0.4, -0.2) is 41.0 Å². The maximum Gasteiger partial charge on any atom is 0.162 e. The second-order valence-corrected chi connectivity index (χ2v) is 7.05. The third-order valence-corrected chi connectivity index (χ3v) is 4.58. The van der Waals surface area contributed by atoms with Crippen LogP contribution in [0.2, 0.25) is 0 Å². The molecule has 0 unspecified atom stereocenters. The van der Waals surface area contributed by atoms with Gasteiger partial charge in [-0.2, -0.15) is 5.10 Å². The number of carbonyl (C=O) groups is 1. The van der Waals surface area contributed by atoms with Crippen molar-refractivity contribution < 1.29 is 9.90 Å². The van der Waals surface area contributed by atoms with Crippen LogP contribution in [0.25, 0.3) is 0 Å². The summed E-state index contributed by atoms with van der Waals surface area (Å²) in [5, 5.41) is 15.8. The number of hydrogen-bond donors (Lipinski definition) is 1. The molecule has 0 atom stereocenters. The van der Waals surface area contributed by atoms with Crippen molar-refractivity contribution in [1.82, 2.24) is 5.01 Å². The highest BCUT2D eigenvalue weighted by molar-refractivity contribution is 6.16. The third kappa shape index (κ3) is 1.92. The Hall–Kier alpha value is -2.01. The third-order valence-electron chi connectivity index (χ3n) is 4.58. The molecule has 0 bridgehead atoms. The van der Waals surface area contributed by atoms with Crippen LogP contribution in [0.15, 0.2) is 44.3 Å². The van der Waals surface area contributed by atoms with Crippen molar-refractivity contribution in [3.05, 3.63) is 34.2 Å². The molecule has 4 aliphatic rings. The summed E-state index contributed by atoms with van der Waals surface area (Å²) >= 11 is 0. The van der Waals surface area contributed by atoms with Crippen molar-refractivity contribution in [3.63, 3.8) is 0 Å². The van der Waals surface area contributed by atoms with Gasteiger partial charge in [-0.1, -0.05) is 13.8 Å². The second kappa shape index (κ2) is 4.49. The summed E-state index contributed by atoms with van der Waals surface area (Å²) in [6.07, 6.45) is 5.61. The molecule has 114 valence electrons. The average Bonchev–Trinajstić information content (AvgIpc) is 2.70. The number of nitrogens with zero attached hydrogens (tertiary/aromatic N) is 3. The van der Waals surface area contributed by atoms with Gasteiger partial charge in [-0.05, 0) is 24.3 Å². The van der Waals surface area contributed by atoms with Gasteiger partial charge in [0.2, 0.25) is 0 Å². The van der Waals surface area contributed by atoms with Gasteiger partial charge in [0.1, 0.15) is 0 Å². The Balaban J connectivity index is 1.94. The zero-order valence-electron chi connectivity index (χ0n) is 12.9. The number of rotatable bonds is 2. The van der Waals surface area contributed by atoms with E-state index in [2.05, 4.69) is 18.9 Å². The van der Waals surface area contributed by atoms with Crippen molar-refractivity contribution in [2.75, 3.05) is 13.2 Å². The zero-order chi connectivity index (χ0) is 15.5. The first-order valence-corrected chi connectivity index (χ1v) is 7.70. The standard InChI is InChI=1S/C17H19N3O2/c1-17(2)7-13-16-14(8-17)20(3-4-21)18-9-10-5-11(22)6-12(19-13)15(10)16/h5,9,21H,3-4,6-8H2,1-2H3. The van der Waals surface area contributed by atoms with Gasteiger partial charge in [0.25, 0.3) is 0 Å². The first-order valence-electron chi connectivity index (χ1n) is 7.70. The highest BCUT2D eigenvalue weighted by Crippen LogP contribution is 2.48. The molecule has 0 aromatic heterocycles. The van der Waals surface area contributed by atoms with Gasteiger partial charge in [0, 0.05) is 22.4 Å². The largest absolute Gasteiger partial charge is 0.394 e. The predicted molar refractivity (Wildman–Crippen MR) is 84.5 cm³/mol. The molecule has 5 heteroatoms. The van der Waals surface area contributed by atoms with E-state index in [0.29, 0.717) is 13.0 Å². The van der Waals surface area contributed by atoms with Crippen LogP contribution in [0, 0.1) is 5.41 Å². The van der Waals surface area contributed by atoms with E-state index in [9.17, 15) is 9.90 Å². The van der Waals surface area contributed by atoms with Crippen molar-refractivity contribution >= 4 is 17.7 Å². The molecule has 0 saturated carbocycles. The number of carbonyl (C=O) groups excluding carboxylic acids is 1. The lowest BCUT2D eigenvalue weighted by molar-refractivity contribution is -0.114. The molecule has 0 radical (unpaired) electrons. The van der Waals surface area contributed by atoms with Gasteiger partial charge in [0.15, 0.2) is 5.78 Å². The molecule has 22 heavy (non-hydrogen) atoms. The molecule has 2 aliphatic heterocycles. The highest BCUT2D eigenvalue weighted by atomic mass is 16.3. The number of ketones is 1. The molecular formula is C17H19N3O2. The summed E-state index contributed by atoms with van der Waals surface area (Å²) in [7, 11) is 0. The first-order chi connectivity index (χ1) is 10.5. The van der Waals surface area contributed by atoms with Crippen molar-refractivity contribution in [1.29, 1.82) is 0 Å². The zero-order valence-corrected chi connectivity index (χ0v) is 12.9. The van der Waals surface area contributed by atoms with E-state index in [1.807, 2.05) is 5.01 Å². The van der Waals surface area contributed by atoms with Gasteiger partial charge in [-0.15, -0.1) is 0 Å². The maximum absolute atomic E-state index is 11.9. The second-order valence-electron chi connectivity index (χ2n) is 7.05. The molecule has 0 aromatic carbocycles. The average molecular weight is 297 g/mol. The molecule has 2 heterocycles. The van der Waals surface area contributed by atoms with Crippen LogP contribution in [0.1, 0.15) is 33.1 Å². The number of hydrogen-bond acceptors (Lipinski definition) is 5. The minimum atomic E-state index is 0.0465. The molecule has 4 rings (SSSR count). The van der Waals surface area contributed by atoms with E-state index >= 15 is 0 Å². The van der Waals surface area contributed by atoms with Crippen LogP contribution in [-0.2, 0) is 4.79 Å². The fourth-order valence-electron chi connectivity index (χ4n) is 3.77. The summed E-state index contributed by atoms with van der Waals surface area (Å²) in [4.78, 5) is 16.7. The monoisotopic (exact) mass is 297 g/mol. The first kappa shape index (κ1) is 13.6. The van der Waals surface area contributed by atoms with Crippen LogP contribution in [0.4, 0.5) is 0 Å². The molecule has 0 saturated heterocycles. The fraction of sp³-hybridized carbons (Fsp3) is 0.471. The van der Waals surface area contributed by atoms with E-state index < -0.39 is 0 Å². The topological polar surface area (TPSA) is 65.3 Å². The number of aliphatic imine (C=N–C) groups is 1. The Labute approximate surface area is 129 Å². The Bertz CT molecular complexity index is 735. The van der Waals surface area contributed by atoms with E-state index in [-0.39, 0.29) is 17.8 Å². The molecule has 2 aliphatic carbocycles. The van der Waals surface area contributed by atoms with Gasteiger partial charge in [0.05, 0.1) is 37.2 Å². The number of hydrazone groups is 1. The summed E-state index contributed by atoms with van der Waals surface area (Å²) in [5.41, 5.74) is 6.29. The van der Waals surface area contributed by atoms with Crippen molar-refractivity contribution in [2.24, 2.45) is 15.5 Å². The minimum absolute atomic E-state index is 0.0465. The van der Waals surface area contributed by atoms with Crippen LogP contribution >= 0.6 is 0 Å². The molecular weight excluding hydrogens is 278 g/mol. The Morgan fingerprint density at radius 1 is 1.32 bits per heavy atom. The number of allylic oxidation sites excluding steroid dienone is 6. The van der Waals surface area contributed by atoms with E-state index in [4.69, 9.17) is 4.99 Å². The normalized spacial score (nSPS) is 25.2. The number of aliphatic hydroxyl groups is 1. The van der Waals surface area contributed by atoms with E-state index in [1.165, 1.54) is 0 Å². The quantitative estimate of drug-likeness (QED) is 0.847. The highest BCUT2D eigenvalue weighted by Gasteiger charge is 2.41. The Morgan fingerprint density at radius 3 is 2.91 bits per heavy atom. The molecule has 5 nitrogen and oxygen atoms in total. The van der Waals surface area contributed by atoms with Crippen LogP contribution < -0.4 is 0 Å². The van der Waals surface area contributed by atoms with E-state index in [0.717, 1.165) is 46.7 Å². The van der Waals surface area contributed by atoms with Crippen molar-refractivity contribution in [2.45, 2.75) is 33.1 Å². The summed E-state index contributed by atoms with van der Waals surface area (Å²) in [5.74, 6) is 0.0835.